The number of hydrogen-bond donors (Lipinski definition) is 0. The van der Waals surface area contributed by atoms with Gasteiger partial charge in [-0.3, -0.25) is 4.79 Å². The number of amides is 1. The summed E-state index contributed by atoms with van der Waals surface area (Å²) in [6.45, 7) is 2.78. The van der Waals surface area contributed by atoms with Gasteiger partial charge < -0.3 is 9.64 Å². The zero-order valence-electron chi connectivity index (χ0n) is 17.7. The molecule has 0 aliphatic carbocycles. The summed E-state index contributed by atoms with van der Waals surface area (Å²) in [5, 5.41) is 2.03. The normalized spacial score (nSPS) is 20.7. The molecular weight excluding hydrogens is 432 g/mol. The van der Waals surface area contributed by atoms with Crippen molar-refractivity contribution >= 4 is 27.3 Å². The molecule has 1 aromatic carbocycles. The number of hydrogen-bond acceptors (Lipinski definition) is 5. The van der Waals surface area contributed by atoms with E-state index in [4.69, 9.17) is 4.74 Å². The number of thiophene rings is 1. The van der Waals surface area contributed by atoms with Gasteiger partial charge in [-0.25, -0.2) is 12.7 Å². The fraction of sp³-hybridized carbons (Fsp3) is 0.522. The molecule has 0 bridgehead atoms. The third-order valence-corrected chi connectivity index (χ3v) is 8.79. The largest absolute Gasteiger partial charge is 0.376 e. The van der Waals surface area contributed by atoms with Gasteiger partial charge in [0.1, 0.15) is 0 Å². The van der Waals surface area contributed by atoms with Crippen LogP contribution >= 0.6 is 11.3 Å². The molecule has 31 heavy (non-hydrogen) atoms. The minimum absolute atomic E-state index is 0.00990. The van der Waals surface area contributed by atoms with Crippen molar-refractivity contribution in [2.75, 3.05) is 26.2 Å². The zero-order chi connectivity index (χ0) is 21.7. The molecule has 6 nitrogen and oxygen atoms in total. The Hall–Kier alpha value is -1.74. The Balaban J connectivity index is 1.36. The van der Waals surface area contributed by atoms with Crippen molar-refractivity contribution in [2.24, 2.45) is 5.92 Å². The minimum Gasteiger partial charge on any atom is -0.376 e. The fourth-order valence-electron chi connectivity index (χ4n) is 4.37. The second kappa shape index (κ2) is 10.3. The van der Waals surface area contributed by atoms with Gasteiger partial charge in [-0.2, -0.15) is 0 Å². The molecule has 0 N–H and O–H groups in total. The summed E-state index contributed by atoms with van der Waals surface area (Å²) < 4.78 is 33.0. The number of rotatable bonds is 8. The quantitative estimate of drug-likeness (QED) is 0.602. The predicted molar refractivity (Wildman–Crippen MR) is 122 cm³/mol. The van der Waals surface area contributed by atoms with Gasteiger partial charge in [-0.05, 0) is 42.7 Å². The van der Waals surface area contributed by atoms with Crippen LogP contribution in [0.3, 0.4) is 0 Å². The molecule has 8 heteroatoms. The van der Waals surface area contributed by atoms with Crippen molar-refractivity contribution in [1.29, 1.82) is 0 Å². The molecule has 0 spiro atoms. The third kappa shape index (κ3) is 5.94. The maximum absolute atomic E-state index is 13.4. The SMILES string of the molecule is O=C(C1CCN(S(=O)(=O)Cc2ccccc2)CC1)N(Cc1cccs1)CC1CCCO1. The van der Waals surface area contributed by atoms with Gasteiger partial charge >= 0.3 is 0 Å². The van der Waals surface area contributed by atoms with E-state index in [0.717, 1.165) is 29.9 Å². The maximum atomic E-state index is 13.4. The molecule has 3 heterocycles. The summed E-state index contributed by atoms with van der Waals surface area (Å²) in [6.07, 6.45) is 3.28. The highest BCUT2D eigenvalue weighted by atomic mass is 32.2. The van der Waals surface area contributed by atoms with Crippen LogP contribution < -0.4 is 0 Å². The first-order chi connectivity index (χ1) is 15.0. The molecule has 0 saturated carbocycles. The highest BCUT2D eigenvalue weighted by molar-refractivity contribution is 7.88. The van der Waals surface area contributed by atoms with Crippen molar-refractivity contribution in [3.63, 3.8) is 0 Å². The van der Waals surface area contributed by atoms with E-state index in [1.54, 1.807) is 15.6 Å². The summed E-state index contributed by atoms with van der Waals surface area (Å²) in [5.41, 5.74) is 0.791. The van der Waals surface area contributed by atoms with E-state index in [1.807, 2.05) is 46.7 Å². The number of nitrogens with zero attached hydrogens (tertiary/aromatic N) is 2. The molecule has 1 unspecified atom stereocenters. The number of ether oxygens (including phenoxy) is 1. The van der Waals surface area contributed by atoms with Crippen LogP contribution in [0, 0.1) is 5.92 Å². The van der Waals surface area contributed by atoms with Gasteiger partial charge in [-0.15, -0.1) is 11.3 Å². The van der Waals surface area contributed by atoms with E-state index < -0.39 is 10.0 Å². The van der Waals surface area contributed by atoms with E-state index in [0.29, 0.717) is 39.0 Å². The molecule has 2 aliphatic heterocycles. The Morgan fingerprint density at radius 3 is 2.52 bits per heavy atom. The molecule has 1 amide bonds. The topological polar surface area (TPSA) is 66.9 Å². The monoisotopic (exact) mass is 462 g/mol. The molecule has 0 radical (unpaired) electrons. The number of sulfonamides is 1. The molecule has 2 fully saturated rings. The van der Waals surface area contributed by atoms with E-state index >= 15 is 0 Å². The lowest BCUT2D eigenvalue weighted by Gasteiger charge is -2.34. The molecule has 2 saturated heterocycles. The van der Waals surface area contributed by atoms with Gasteiger partial charge in [0.15, 0.2) is 0 Å². The highest BCUT2D eigenvalue weighted by Gasteiger charge is 2.34. The van der Waals surface area contributed by atoms with E-state index in [2.05, 4.69) is 6.07 Å². The lowest BCUT2D eigenvalue weighted by atomic mass is 9.96. The van der Waals surface area contributed by atoms with Gasteiger partial charge in [-0.1, -0.05) is 36.4 Å². The fourth-order valence-corrected chi connectivity index (χ4v) is 6.66. The summed E-state index contributed by atoms with van der Waals surface area (Å²) in [6, 6.07) is 13.3. The van der Waals surface area contributed by atoms with Crippen LogP contribution in [0.25, 0.3) is 0 Å². The Bertz CT molecular complexity index is 933. The standard InChI is InChI=1S/C23H30N2O4S2/c26-23(24(16-21-8-4-14-29-21)17-22-9-5-15-30-22)20-10-12-25(13-11-20)31(27,28)18-19-6-2-1-3-7-19/h1-3,5-7,9,15,20-21H,4,8,10-14,16-18H2. The summed E-state index contributed by atoms with van der Waals surface area (Å²) in [5.74, 6) is 0.00392. The van der Waals surface area contributed by atoms with Crippen LogP contribution in [-0.4, -0.2) is 55.9 Å². The summed E-state index contributed by atoms with van der Waals surface area (Å²) in [7, 11) is -3.38. The molecule has 2 aliphatic rings. The van der Waals surface area contributed by atoms with Crippen molar-refractivity contribution < 1.29 is 17.9 Å². The average molecular weight is 463 g/mol. The number of carbonyl (C=O) groups excluding carboxylic acids is 1. The van der Waals surface area contributed by atoms with Crippen LogP contribution in [0.4, 0.5) is 0 Å². The van der Waals surface area contributed by atoms with Gasteiger partial charge in [0, 0.05) is 37.0 Å². The van der Waals surface area contributed by atoms with Crippen LogP contribution in [-0.2, 0) is 31.9 Å². The zero-order valence-corrected chi connectivity index (χ0v) is 19.3. The van der Waals surface area contributed by atoms with Crippen LogP contribution in [0.5, 0.6) is 0 Å². The van der Waals surface area contributed by atoms with Crippen molar-refractivity contribution in [2.45, 2.75) is 44.1 Å². The third-order valence-electron chi connectivity index (χ3n) is 6.07. The average Bonchev–Trinajstić information content (AvgIpc) is 3.48. The van der Waals surface area contributed by atoms with Crippen LogP contribution in [0.15, 0.2) is 47.8 Å². The summed E-state index contributed by atoms with van der Waals surface area (Å²) in [4.78, 5) is 16.5. The lowest BCUT2D eigenvalue weighted by Crippen LogP contribution is -2.46. The first-order valence-electron chi connectivity index (χ1n) is 11.0. The Morgan fingerprint density at radius 2 is 1.87 bits per heavy atom. The van der Waals surface area contributed by atoms with Crippen molar-refractivity contribution in [1.82, 2.24) is 9.21 Å². The maximum Gasteiger partial charge on any atom is 0.226 e. The highest BCUT2D eigenvalue weighted by Crippen LogP contribution is 2.26. The molecule has 1 aromatic heterocycles. The molecule has 1 atom stereocenters. The van der Waals surface area contributed by atoms with Gasteiger partial charge in [0.25, 0.3) is 0 Å². The van der Waals surface area contributed by atoms with Crippen molar-refractivity contribution in [3.8, 4) is 0 Å². The lowest BCUT2D eigenvalue weighted by molar-refractivity contribution is -0.139. The van der Waals surface area contributed by atoms with Crippen molar-refractivity contribution in [3.05, 3.63) is 58.3 Å². The molecule has 168 valence electrons. The van der Waals surface area contributed by atoms with Crippen LogP contribution in [0.2, 0.25) is 0 Å². The molecule has 4 rings (SSSR count). The van der Waals surface area contributed by atoms with Crippen LogP contribution in [0.1, 0.15) is 36.1 Å². The smallest absolute Gasteiger partial charge is 0.226 e. The first-order valence-corrected chi connectivity index (χ1v) is 13.4. The van der Waals surface area contributed by atoms with Gasteiger partial charge in [0.2, 0.25) is 15.9 Å². The molecular formula is C23H30N2O4S2. The predicted octanol–water partition coefficient (Wildman–Crippen LogP) is 3.50. The Kier molecular flexibility index (Phi) is 7.43. The van der Waals surface area contributed by atoms with Gasteiger partial charge in [0.05, 0.1) is 18.4 Å². The van der Waals surface area contributed by atoms with E-state index in [-0.39, 0.29) is 23.7 Å². The first kappa shape index (κ1) is 22.5. The van der Waals surface area contributed by atoms with E-state index in [9.17, 15) is 13.2 Å². The molecule has 2 aromatic rings. The number of carbonyl (C=O) groups is 1. The number of piperidine rings is 1. The summed E-state index contributed by atoms with van der Waals surface area (Å²) >= 11 is 1.66. The minimum atomic E-state index is -3.38. The second-order valence-electron chi connectivity index (χ2n) is 8.35. The Labute approximate surface area is 188 Å². The number of benzene rings is 1. The van der Waals surface area contributed by atoms with E-state index in [1.165, 1.54) is 0 Å². The Morgan fingerprint density at radius 1 is 1.10 bits per heavy atom. The second-order valence-corrected chi connectivity index (χ2v) is 11.3.